The van der Waals surface area contributed by atoms with Crippen molar-refractivity contribution in [2.45, 2.75) is 32.7 Å². The van der Waals surface area contributed by atoms with Crippen LogP contribution in [0.15, 0.2) is 18.2 Å². The van der Waals surface area contributed by atoms with Crippen LogP contribution >= 0.6 is 0 Å². The zero-order valence-corrected chi connectivity index (χ0v) is 15.6. The third kappa shape index (κ3) is 3.01. The van der Waals surface area contributed by atoms with Crippen LogP contribution in [0.4, 0.5) is 0 Å². The highest BCUT2D eigenvalue weighted by Crippen LogP contribution is 2.31. The van der Waals surface area contributed by atoms with Crippen molar-refractivity contribution < 1.29 is 19.2 Å². The van der Waals surface area contributed by atoms with Crippen LogP contribution in [-0.2, 0) is 4.79 Å². The van der Waals surface area contributed by atoms with E-state index in [0.29, 0.717) is 42.9 Å². The van der Waals surface area contributed by atoms with E-state index < -0.39 is 0 Å². The predicted molar refractivity (Wildman–Crippen MR) is 97.3 cm³/mol. The lowest BCUT2D eigenvalue weighted by Crippen LogP contribution is -2.51. The quantitative estimate of drug-likeness (QED) is 0.755. The van der Waals surface area contributed by atoms with Gasteiger partial charge in [0.1, 0.15) is 0 Å². The summed E-state index contributed by atoms with van der Waals surface area (Å²) in [5, 5.41) is 0. The van der Waals surface area contributed by atoms with E-state index >= 15 is 0 Å². The number of carbonyl (C=O) groups excluding carboxylic acids is 4. The molecule has 0 N–H and O–H groups in total. The Morgan fingerprint density at radius 1 is 0.926 bits per heavy atom. The summed E-state index contributed by atoms with van der Waals surface area (Å²) in [6, 6.07) is 4.48. The van der Waals surface area contributed by atoms with Crippen LogP contribution in [-0.4, -0.2) is 70.5 Å². The molecule has 1 aromatic carbocycles. The van der Waals surface area contributed by atoms with Gasteiger partial charge in [-0.1, -0.05) is 0 Å². The van der Waals surface area contributed by atoms with Crippen molar-refractivity contribution in [3.8, 4) is 0 Å². The van der Waals surface area contributed by atoms with Crippen LogP contribution in [0, 0.1) is 5.92 Å². The molecule has 142 valence electrons. The summed E-state index contributed by atoms with van der Waals surface area (Å²) in [6.45, 7) is 5.64. The van der Waals surface area contributed by atoms with Gasteiger partial charge in [-0.05, 0) is 44.9 Å². The number of benzene rings is 1. The first kappa shape index (κ1) is 17.7. The number of rotatable bonds is 3. The van der Waals surface area contributed by atoms with E-state index in [1.807, 2.05) is 4.90 Å². The van der Waals surface area contributed by atoms with Gasteiger partial charge in [0.25, 0.3) is 17.7 Å². The third-order valence-electron chi connectivity index (χ3n) is 5.49. The Morgan fingerprint density at radius 2 is 1.52 bits per heavy atom. The molecule has 7 nitrogen and oxygen atoms in total. The summed E-state index contributed by atoms with van der Waals surface area (Å²) in [7, 11) is 0. The molecular weight excluding hydrogens is 346 g/mol. The summed E-state index contributed by atoms with van der Waals surface area (Å²) in [5.74, 6) is -0.427. The number of piperazine rings is 1. The summed E-state index contributed by atoms with van der Waals surface area (Å²) in [6.07, 6.45) is 1.96. The third-order valence-corrected chi connectivity index (χ3v) is 5.49. The van der Waals surface area contributed by atoms with E-state index in [0.717, 1.165) is 12.8 Å². The van der Waals surface area contributed by atoms with Gasteiger partial charge >= 0.3 is 0 Å². The molecule has 2 heterocycles. The standard InChI is InChI=1S/C20H23N3O4/c1-12(2)23-19(26)15-6-5-14(11-16(15)20(23)27)18(25)22-9-7-21(8-10-22)17(24)13-3-4-13/h5-6,11-13H,3-4,7-10H2,1-2H3. The molecule has 0 aromatic heterocycles. The highest BCUT2D eigenvalue weighted by Gasteiger charge is 2.38. The van der Waals surface area contributed by atoms with E-state index in [1.165, 1.54) is 11.0 Å². The van der Waals surface area contributed by atoms with Gasteiger partial charge in [-0.2, -0.15) is 0 Å². The number of hydrogen-bond acceptors (Lipinski definition) is 4. The lowest BCUT2D eigenvalue weighted by atomic mass is 10.0. The molecular formula is C20H23N3O4. The Hall–Kier alpha value is -2.70. The molecule has 1 aliphatic carbocycles. The highest BCUT2D eigenvalue weighted by molar-refractivity contribution is 6.22. The number of nitrogens with zero attached hydrogens (tertiary/aromatic N) is 3. The van der Waals surface area contributed by atoms with Gasteiger partial charge in [0.2, 0.25) is 5.91 Å². The molecule has 4 rings (SSSR count). The molecule has 27 heavy (non-hydrogen) atoms. The van der Waals surface area contributed by atoms with Gasteiger partial charge in [0.05, 0.1) is 11.1 Å². The van der Waals surface area contributed by atoms with Crippen molar-refractivity contribution >= 4 is 23.6 Å². The molecule has 3 aliphatic rings. The molecule has 2 fully saturated rings. The zero-order chi connectivity index (χ0) is 19.3. The maximum Gasteiger partial charge on any atom is 0.261 e. The molecule has 0 spiro atoms. The normalized spacial score (nSPS) is 19.7. The lowest BCUT2D eigenvalue weighted by molar-refractivity contribution is -0.134. The molecule has 0 radical (unpaired) electrons. The summed E-state index contributed by atoms with van der Waals surface area (Å²) in [5.41, 5.74) is 1.05. The molecule has 1 saturated heterocycles. The molecule has 2 aliphatic heterocycles. The molecule has 0 unspecified atom stereocenters. The summed E-state index contributed by atoms with van der Waals surface area (Å²) >= 11 is 0. The van der Waals surface area contributed by atoms with Crippen molar-refractivity contribution in [2.24, 2.45) is 5.92 Å². The molecule has 7 heteroatoms. The van der Waals surface area contributed by atoms with Crippen LogP contribution in [0.5, 0.6) is 0 Å². The molecule has 0 bridgehead atoms. The predicted octanol–water partition coefficient (Wildman–Crippen LogP) is 1.39. The van der Waals surface area contributed by atoms with E-state index in [2.05, 4.69) is 0 Å². The van der Waals surface area contributed by atoms with E-state index in [4.69, 9.17) is 0 Å². The maximum absolute atomic E-state index is 12.8. The topological polar surface area (TPSA) is 78.0 Å². The van der Waals surface area contributed by atoms with Crippen LogP contribution < -0.4 is 0 Å². The molecule has 0 atom stereocenters. The Bertz CT molecular complexity index is 836. The SMILES string of the molecule is CC(C)N1C(=O)c2ccc(C(=O)N3CCN(C(=O)C4CC4)CC3)cc2C1=O. The molecule has 4 amide bonds. The summed E-state index contributed by atoms with van der Waals surface area (Å²) < 4.78 is 0. The van der Waals surface area contributed by atoms with Crippen LogP contribution in [0.3, 0.4) is 0 Å². The summed E-state index contributed by atoms with van der Waals surface area (Å²) in [4.78, 5) is 54.6. The van der Waals surface area contributed by atoms with Crippen molar-refractivity contribution in [1.29, 1.82) is 0 Å². The van der Waals surface area contributed by atoms with Gasteiger partial charge < -0.3 is 9.80 Å². The van der Waals surface area contributed by atoms with Gasteiger partial charge in [-0.3, -0.25) is 24.1 Å². The average Bonchev–Trinajstić information content (AvgIpc) is 3.48. The number of imide groups is 1. The van der Waals surface area contributed by atoms with Crippen molar-refractivity contribution in [2.75, 3.05) is 26.2 Å². The van der Waals surface area contributed by atoms with Crippen LogP contribution in [0.2, 0.25) is 0 Å². The Balaban J connectivity index is 1.47. The van der Waals surface area contributed by atoms with Crippen molar-refractivity contribution in [3.05, 3.63) is 34.9 Å². The minimum absolute atomic E-state index is 0.167. The first-order chi connectivity index (χ1) is 12.9. The largest absolute Gasteiger partial charge is 0.339 e. The van der Waals surface area contributed by atoms with Gasteiger partial charge in [0, 0.05) is 43.7 Å². The number of fused-ring (bicyclic) bond motifs is 1. The fraction of sp³-hybridized carbons (Fsp3) is 0.500. The Labute approximate surface area is 157 Å². The van der Waals surface area contributed by atoms with E-state index in [-0.39, 0.29) is 35.6 Å². The second kappa shape index (κ2) is 6.48. The van der Waals surface area contributed by atoms with Crippen molar-refractivity contribution in [3.63, 3.8) is 0 Å². The van der Waals surface area contributed by atoms with Crippen LogP contribution in [0.25, 0.3) is 0 Å². The van der Waals surface area contributed by atoms with Gasteiger partial charge in [-0.25, -0.2) is 0 Å². The van der Waals surface area contributed by atoms with Gasteiger partial charge in [0.15, 0.2) is 0 Å². The van der Waals surface area contributed by atoms with Crippen molar-refractivity contribution in [1.82, 2.24) is 14.7 Å². The van der Waals surface area contributed by atoms with E-state index in [1.54, 1.807) is 30.9 Å². The second-order valence-electron chi connectivity index (χ2n) is 7.73. The second-order valence-corrected chi connectivity index (χ2v) is 7.73. The average molecular weight is 369 g/mol. The first-order valence-corrected chi connectivity index (χ1v) is 9.48. The molecule has 1 saturated carbocycles. The smallest absolute Gasteiger partial charge is 0.261 e. The zero-order valence-electron chi connectivity index (χ0n) is 15.6. The van der Waals surface area contributed by atoms with Crippen LogP contribution in [0.1, 0.15) is 57.8 Å². The molecule has 1 aromatic rings. The Kier molecular flexibility index (Phi) is 4.25. The number of amides is 4. The number of carbonyl (C=O) groups is 4. The number of hydrogen-bond donors (Lipinski definition) is 0. The Morgan fingerprint density at radius 3 is 2.11 bits per heavy atom. The van der Waals surface area contributed by atoms with E-state index in [9.17, 15) is 19.2 Å². The lowest BCUT2D eigenvalue weighted by Gasteiger charge is -2.35. The minimum Gasteiger partial charge on any atom is -0.339 e. The first-order valence-electron chi connectivity index (χ1n) is 9.48. The maximum atomic E-state index is 12.8. The van der Waals surface area contributed by atoms with Gasteiger partial charge in [-0.15, -0.1) is 0 Å². The fourth-order valence-corrected chi connectivity index (χ4v) is 3.76. The monoisotopic (exact) mass is 369 g/mol. The fourth-order valence-electron chi connectivity index (χ4n) is 3.76. The highest BCUT2D eigenvalue weighted by atomic mass is 16.2. The minimum atomic E-state index is -0.348.